The van der Waals surface area contributed by atoms with Crippen LogP contribution in [-0.2, 0) is 9.59 Å². The van der Waals surface area contributed by atoms with Crippen molar-refractivity contribution in [3.05, 3.63) is 0 Å². The van der Waals surface area contributed by atoms with Gasteiger partial charge in [-0.1, -0.05) is 12.8 Å². The summed E-state index contributed by atoms with van der Waals surface area (Å²) in [7, 11) is 0. The summed E-state index contributed by atoms with van der Waals surface area (Å²) in [5.74, 6) is -2.08. The Morgan fingerprint density at radius 2 is 1.61 bits per heavy atom. The SMILES string of the molecule is O=C1C2CCCCC2C(=O)N1CC(O)C(F)(F)F. The van der Waals surface area contributed by atoms with Crippen LogP contribution in [-0.4, -0.2) is 40.6 Å². The molecule has 2 aliphatic rings. The zero-order valence-electron chi connectivity index (χ0n) is 9.61. The van der Waals surface area contributed by atoms with Crippen molar-refractivity contribution >= 4 is 11.8 Å². The molecular formula is C11H14F3NO3. The molecule has 1 saturated carbocycles. The molecule has 1 N–H and O–H groups in total. The lowest BCUT2D eigenvalue weighted by molar-refractivity contribution is -0.207. The van der Waals surface area contributed by atoms with Crippen LogP contribution in [0, 0.1) is 11.8 Å². The average molecular weight is 265 g/mol. The third-order valence-corrected chi connectivity index (χ3v) is 3.67. The second-order valence-electron chi connectivity index (χ2n) is 4.84. The van der Waals surface area contributed by atoms with Gasteiger partial charge in [-0.15, -0.1) is 0 Å². The summed E-state index contributed by atoms with van der Waals surface area (Å²) in [5, 5.41) is 8.94. The van der Waals surface area contributed by atoms with Crippen LogP contribution in [0.1, 0.15) is 25.7 Å². The van der Waals surface area contributed by atoms with Crippen LogP contribution in [0.25, 0.3) is 0 Å². The summed E-state index contributed by atoms with van der Waals surface area (Å²) in [6, 6.07) is 0. The number of imide groups is 1. The molecule has 1 aliphatic heterocycles. The molecule has 1 aliphatic carbocycles. The summed E-state index contributed by atoms with van der Waals surface area (Å²) in [4.78, 5) is 24.3. The Bertz CT molecular complexity index is 345. The molecule has 102 valence electrons. The lowest BCUT2D eigenvalue weighted by Crippen LogP contribution is -2.44. The van der Waals surface area contributed by atoms with E-state index < -0.39 is 42.5 Å². The van der Waals surface area contributed by atoms with Gasteiger partial charge in [-0.05, 0) is 12.8 Å². The number of aliphatic hydroxyl groups is 1. The Kier molecular flexibility index (Phi) is 3.35. The fraction of sp³-hybridized carbons (Fsp3) is 0.818. The van der Waals surface area contributed by atoms with E-state index in [4.69, 9.17) is 5.11 Å². The Morgan fingerprint density at radius 1 is 1.17 bits per heavy atom. The fourth-order valence-corrected chi connectivity index (χ4v) is 2.69. The molecule has 18 heavy (non-hydrogen) atoms. The van der Waals surface area contributed by atoms with Crippen LogP contribution < -0.4 is 0 Å². The minimum absolute atomic E-state index is 0.480. The zero-order chi connectivity index (χ0) is 13.5. The van der Waals surface area contributed by atoms with Gasteiger partial charge in [0.05, 0.1) is 18.4 Å². The maximum absolute atomic E-state index is 12.2. The third kappa shape index (κ3) is 2.23. The van der Waals surface area contributed by atoms with Crippen LogP contribution >= 0.6 is 0 Å². The Morgan fingerprint density at radius 3 is 2.00 bits per heavy atom. The predicted octanol–water partition coefficient (Wildman–Crippen LogP) is 1.08. The van der Waals surface area contributed by atoms with Gasteiger partial charge >= 0.3 is 6.18 Å². The molecule has 0 bridgehead atoms. The van der Waals surface area contributed by atoms with Crippen molar-refractivity contribution in [3.8, 4) is 0 Å². The molecule has 1 saturated heterocycles. The number of nitrogens with zero attached hydrogens (tertiary/aromatic N) is 1. The highest BCUT2D eigenvalue weighted by atomic mass is 19.4. The van der Waals surface area contributed by atoms with E-state index in [9.17, 15) is 22.8 Å². The number of rotatable bonds is 2. The molecular weight excluding hydrogens is 251 g/mol. The van der Waals surface area contributed by atoms with Gasteiger partial charge in [0.25, 0.3) is 0 Å². The van der Waals surface area contributed by atoms with Crippen molar-refractivity contribution in [2.45, 2.75) is 38.0 Å². The van der Waals surface area contributed by atoms with Gasteiger partial charge in [0.2, 0.25) is 11.8 Å². The molecule has 0 aromatic rings. The second kappa shape index (κ2) is 4.53. The van der Waals surface area contributed by atoms with Crippen molar-refractivity contribution in [1.82, 2.24) is 4.90 Å². The van der Waals surface area contributed by atoms with Crippen LogP contribution in [0.4, 0.5) is 13.2 Å². The van der Waals surface area contributed by atoms with Gasteiger partial charge in [0.15, 0.2) is 6.10 Å². The highest BCUT2D eigenvalue weighted by Crippen LogP contribution is 2.38. The lowest BCUT2D eigenvalue weighted by Gasteiger charge is -2.20. The first-order valence-electron chi connectivity index (χ1n) is 5.92. The standard InChI is InChI=1S/C11H14F3NO3/c12-11(13,14)8(16)5-15-9(17)6-3-1-2-4-7(6)10(15)18/h6-8,16H,1-5H2. The van der Waals surface area contributed by atoms with Gasteiger partial charge in [-0.3, -0.25) is 14.5 Å². The predicted molar refractivity (Wildman–Crippen MR) is 54.2 cm³/mol. The molecule has 4 nitrogen and oxygen atoms in total. The highest BCUT2D eigenvalue weighted by Gasteiger charge is 2.50. The molecule has 3 unspecified atom stereocenters. The molecule has 7 heteroatoms. The molecule has 1 heterocycles. The van der Waals surface area contributed by atoms with E-state index in [0.29, 0.717) is 17.7 Å². The summed E-state index contributed by atoms with van der Waals surface area (Å²) in [5.41, 5.74) is 0. The molecule has 0 radical (unpaired) electrons. The number of amides is 2. The van der Waals surface area contributed by atoms with Crippen molar-refractivity contribution in [2.75, 3.05) is 6.54 Å². The molecule has 2 fully saturated rings. The van der Waals surface area contributed by atoms with E-state index in [1.807, 2.05) is 0 Å². The van der Waals surface area contributed by atoms with Crippen molar-refractivity contribution in [1.29, 1.82) is 0 Å². The molecule has 0 aromatic heterocycles. The number of halogens is 3. The summed E-state index contributed by atoms with van der Waals surface area (Å²) in [6.07, 6.45) is -4.74. The van der Waals surface area contributed by atoms with Crippen molar-refractivity contribution in [3.63, 3.8) is 0 Å². The van der Waals surface area contributed by atoms with E-state index in [1.165, 1.54) is 0 Å². The second-order valence-corrected chi connectivity index (χ2v) is 4.84. The van der Waals surface area contributed by atoms with E-state index >= 15 is 0 Å². The topological polar surface area (TPSA) is 57.6 Å². The maximum Gasteiger partial charge on any atom is 0.416 e. The van der Waals surface area contributed by atoms with Crippen LogP contribution in [0.5, 0.6) is 0 Å². The number of alkyl halides is 3. The quantitative estimate of drug-likeness (QED) is 0.760. The van der Waals surface area contributed by atoms with E-state index in [-0.39, 0.29) is 0 Å². The number of aliphatic hydroxyl groups excluding tert-OH is 1. The van der Waals surface area contributed by atoms with Gasteiger partial charge in [0.1, 0.15) is 0 Å². The number of carbonyl (C=O) groups is 2. The normalized spacial score (nSPS) is 30.6. The molecule has 0 aromatic carbocycles. The number of β-amino-alcohol motifs (C(OH)–C–C–N with tert-alkyl or cyclic N) is 1. The lowest BCUT2D eigenvalue weighted by atomic mass is 9.81. The maximum atomic E-state index is 12.2. The average Bonchev–Trinajstić information content (AvgIpc) is 2.54. The molecule has 0 spiro atoms. The number of hydrogen-bond acceptors (Lipinski definition) is 3. The summed E-state index contributed by atoms with van der Waals surface area (Å²) in [6.45, 7) is -0.978. The smallest absolute Gasteiger partial charge is 0.382 e. The molecule has 2 rings (SSSR count). The zero-order valence-corrected chi connectivity index (χ0v) is 9.61. The van der Waals surface area contributed by atoms with Crippen molar-refractivity contribution in [2.24, 2.45) is 11.8 Å². The summed E-state index contributed by atoms with van der Waals surface area (Å²) < 4.78 is 36.7. The van der Waals surface area contributed by atoms with Crippen LogP contribution in [0.2, 0.25) is 0 Å². The van der Waals surface area contributed by atoms with E-state index in [2.05, 4.69) is 0 Å². The fourth-order valence-electron chi connectivity index (χ4n) is 2.69. The highest BCUT2D eigenvalue weighted by molar-refractivity contribution is 6.05. The number of carbonyl (C=O) groups excluding carboxylic acids is 2. The number of likely N-dealkylation sites (tertiary alicyclic amines) is 1. The Labute approximate surface area is 102 Å². The Balaban J connectivity index is 2.10. The third-order valence-electron chi connectivity index (χ3n) is 3.67. The first-order chi connectivity index (χ1) is 8.32. The van der Waals surface area contributed by atoms with E-state index in [0.717, 1.165) is 12.8 Å². The number of fused-ring (bicyclic) bond motifs is 1. The number of hydrogen-bond donors (Lipinski definition) is 1. The van der Waals surface area contributed by atoms with Gasteiger partial charge in [0, 0.05) is 0 Å². The largest absolute Gasteiger partial charge is 0.416 e. The van der Waals surface area contributed by atoms with E-state index in [1.54, 1.807) is 0 Å². The Hall–Kier alpha value is -1.11. The van der Waals surface area contributed by atoms with Crippen LogP contribution in [0.15, 0.2) is 0 Å². The first-order valence-corrected chi connectivity index (χ1v) is 5.92. The van der Waals surface area contributed by atoms with Gasteiger partial charge < -0.3 is 5.11 Å². The van der Waals surface area contributed by atoms with Gasteiger partial charge in [-0.25, -0.2) is 0 Å². The molecule has 2 amide bonds. The summed E-state index contributed by atoms with van der Waals surface area (Å²) >= 11 is 0. The minimum atomic E-state index is -4.81. The molecule has 3 atom stereocenters. The van der Waals surface area contributed by atoms with Crippen LogP contribution in [0.3, 0.4) is 0 Å². The first kappa shape index (κ1) is 13.3. The monoisotopic (exact) mass is 265 g/mol. The van der Waals surface area contributed by atoms with Crippen molar-refractivity contribution < 1.29 is 27.9 Å². The minimum Gasteiger partial charge on any atom is -0.382 e. The van der Waals surface area contributed by atoms with Gasteiger partial charge in [-0.2, -0.15) is 13.2 Å².